The zero-order chi connectivity index (χ0) is 17.4. The third-order valence-corrected chi connectivity index (χ3v) is 4.27. The number of imidazole rings is 1. The monoisotopic (exact) mass is 345 g/mol. The summed E-state index contributed by atoms with van der Waals surface area (Å²) in [6, 6.07) is 2.94. The van der Waals surface area contributed by atoms with Gasteiger partial charge < -0.3 is 20.2 Å². The van der Waals surface area contributed by atoms with E-state index in [1.807, 2.05) is 6.92 Å². The van der Waals surface area contributed by atoms with E-state index < -0.39 is 5.82 Å². The molecule has 1 aliphatic rings. The van der Waals surface area contributed by atoms with Gasteiger partial charge in [0.25, 0.3) is 0 Å². The largest absolute Gasteiger partial charge is 0.491 e. The molecule has 1 unspecified atom stereocenters. The van der Waals surface area contributed by atoms with Crippen molar-refractivity contribution in [2.75, 3.05) is 18.9 Å². The molecule has 1 aliphatic heterocycles. The molecule has 2 aromatic heterocycles. The van der Waals surface area contributed by atoms with E-state index >= 15 is 0 Å². The highest BCUT2D eigenvalue weighted by Crippen LogP contribution is 2.30. The summed E-state index contributed by atoms with van der Waals surface area (Å²) in [5.41, 5.74) is 8.31. The molecule has 1 aromatic carbocycles. The average Bonchev–Trinajstić information content (AvgIpc) is 3.19. The van der Waals surface area contributed by atoms with E-state index in [2.05, 4.69) is 15.1 Å². The zero-order valence-corrected chi connectivity index (χ0v) is 14.0. The van der Waals surface area contributed by atoms with Crippen LogP contribution in [0.5, 0.6) is 5.75 Å². The van der Waals surface area contributed by atoms with Crippen molar-refractivity contribution in [3.05, 3.63) is 24.1 Å². The smallest absolute Gasteiger partial charge is 0.167 e. The molecule has 1 atom stereocenters. The molecule has 3 aromatic rings. The van der Waals surface area contributed by atoms with Crippen LogP contribution in [0.25, 0.3) is 22.6 Å². The lowest BCUT2D eigenvalue weighted by Gasteiger charge is -2.22. The first-order chi connectivity index (χ1) is 12.2. The normalized spacial score (nSPS) is 17.9. The summed E-state index contributed by atoms with van der Waals surface area (Å²) in [4.78, 5) is 7.56. The van der Waals surface area contributed by atoms with E-state index in [0.717, 1.165) is 25.9 Å². The lowest BCUT2D eigenvalue weighted by Crippen LogP contribution is -2.18. The molecule has 7 nitrogen and oxygen atoms in total. The Morgan fingerprint density at radius 3 is 3.08 bits per heavy atom. The number of aromatic nitrogens is 4. The van der Waals surface area contributed by atoms with Crippen LogP contribution in [0.1, 0.15) is 32.4 Å². The summed E-state index contributed by atoms with van der Waals surface area (Å²) in [5.74, 6) is 0.246. The maximum Gasteiger partial charge on any atom is 0.167 e. The van der Waals surface area contributed by atoms with Gasteiger partial charge in [-0.05, 0) is 26.2 Å². The van der Waals surface area contributed by atoms with Crippen LogP contribution in [0.2, 0.25) is 0 Å². The average molecular weight is 345 g/mol. The molecule has 0 amide bonds. The quantitative estimate of drug-likeness (QED) is 0.757. The van der Waals surface area contributed by atoms with Crippen molar-refractivity contribution >= 4 is 16.7 Å². The zero-order valence-electron chi connectivity index (χ0n) is 14.0. The Bertz CT molecular complexity index is 898. The van der Waals surface area contributed by atoms with Crippen molar-refractivity contribution < 1.29 is 13.9 Å². The Balaban J connectivity index is 1.70. The van der Waals surface area contributed by atoms with Crippen LogP contribution < -0.4 is 10.5 Å². The van der Waals surface area contributed by atoms with E-state index in [-0.39, 0.29) is 12.0 Å². The van der Waals surface area contributed by atoms with Gasteiger partial charge in [0.05, 0.1) is 29.5 Å². The van der Waals surface area contributed by atoms with E-state index in [1.54, 1.807) is 16.9 Å². The molecule has 4 rings (SSSR count). The second-order valence-corrected chi connectivity index (χ2v) is 6.05. The van der Waals surface area contributed by atoms with Gasteiger partial charge in [0.2, 0.25) is 0 Å². The van der Waals surface area contributed by atoms with E-state index in [4.69, 9.17) is 15.2 Å². The number of nitrogen functional groups attached to an aromatic ring is 1. The van der Waals surface area contributed by atoms with Crippen LogP contribution in [-0.2, 0) is 4.74 Å². The third-order valence-electron chi connectivity index (χ3n) is 4.27. The van der Waals surface area contributed by atoms with Crippen molar-refractivity contribution in [1.82, 2.24) is 19.7 Å². The number of nitrogens with zero attached hydrogens (tertiary/aromatic N) is 3. The first kappa shape index (κ1) is 15.9. The highest BCUT2D eigenvalue weighted by atomic mass is 19.1. The van der Waals surface area contributed by atoms with Gasteiger partial charge in [0.1, 0.15) is 6.23 Å². The highest BCUT2D eigenvalue weighted by Gasteiger charge is 2.21. The number of fused-ring (bicyclic) bond motifs is 1. The second-order valence-electron chi connectivity index (χ2n) is 6.05. The van der Waals surface area contributed by atoms with Gasteiger partial charge in [-0.1, -0.05) is 0 Å². The number of rotatable bonds is 4. The molecule has 0 aliphatic carbocycles. The van der Waals surface area contributed by atoms with E-state index in [0.29, 0.717) is 34.8 Å². The first-order valence-electron chi connectivity index (χ1n) is 8.44. The van der Waals surface area contributed by atoms with Crippen LogP contribution in [0.4, 0.5) is 10.1 Å². The third kappa shape index (κ3) is 2.93. The maximum absolute atomic E-state index is 14.0. The summed E-state index contributed by atoms with van der Waals surface area (Å²) in [5, 5.41) is 4.53. The van der Waals surface area contributed by atoms with Crippen LogP contribution >= 0.6 is 0 Å². The van der Waals surface area contributed by atoms with Crippen molar-refractivity contribution in [3.63, 3.8) is 0 Å². The Hall–Kier alpha value is -2.61. The number of ether oxygens (including phenoxy) is 2. The van der Waals surface area contributed by atoms with Gasteiger partial charge in [-0.2, -0.15) is 5.10 Å². The van der Waals surface area contributed by atoms with Gasteiger partial charge in [0, 0.05) is 18.7 Å². The number of hydrogen-bond donors (Lipinski definition) is 2. The summed E-state index contributed by atoms with van der Waals surface area (Å²) in [6.07, 6.45) is 4.73. The molecule has 3 N–H and O–H groups in total. The Kier molecular flexibility index (Phi) is 4.04. The molecule has 0 bridgehead atoms. The lowest BCUT2D eigenvalue weighted by molar-refractivity contribution is -0.0393. The Morgan fingerprint density at radius 2 is 2.32 bits per heavy atom. The number of anilines is 1. The minimum atomic E-state index is -0.443. The molecule has 1 saturated heterocycles. The molecule has 25 heavy (non-hydrogen) atoms. The van der Waals surface area contributed by atoms with Crippen LogP contribution in [0, 0.1) is 5.82 Å². The van der Waals surface area contributed by atoms with Crippen LogP contribution in [0.15, 0.2) is 18.3 Å². The number of benzene rings is 1. The number of H-pyrrole nitrogens is 1. The summed E-state index contributed by atoms with van der Waals surface area (Å²) in [6.45, 7) is 2.93. The number of halogens is 1. The lowest BCUT2D eigenvalue weighted by atomic mass is 10.2. The maximum atomic E-state index is 14.0. The molecule has 3 heterocycles. The Morgan fingerprint density at radius 1 is 1.44 bits per heavy atom. The van der Waals surface area contributed by atoms with Gasteiger partial charge in [-0.25, -0.2) is 14.1 Å². The van der Waals surface area contributed by atoms with Gasteiger partial charge in [-0.3, -0.25) is 0 Å². The van der Waals surface area contributed by atoms with E-state index in [9.17, 15) is 4.39 Å². The fourth-order valence-electron chi connectivity index (χ4n) is 3.06. The minimum absolute atomic E-state index is 0.101. The van der Waals surface area contributed by atoms with Crippen molar-refractivity contribution in [3.8, 4) is 17.3 Å². The number of nitrogens with two attached hydrogens (primary N) is 1. The highest BCUT2D eigenvalue weighted by molar-refractivity contribution is 5.82. The Labute approximate surface area is 143 Å². The fraction of sp³-hybridized carbons (Fsp3) is 0.412. The minimum Gasteiger partial charge on any atom is -0.491 e. The van der Waals surface area contributed by atoms with Crippen molar-refractivity contribution in [2.45, 2.75) is 32.4 Å². The molecular formula is C17H20FN5O2. The summed E-state index contributed by atoms with van der Waals surface area (Å²) >= 11 is 0. The van der Waals surface area contributed by atoms with Gasteiger partial charge in [0.15, 0.2) is 23.1 Å². The van der Waals surface area contributed by atoms with E-state index in [1.165, 1.54) is 6.07 Å². The molecule has 8 heteroatoms. The SMILES string of the molecule is CCOc1cc2[nH]c(-c3nn(C4CCCCO4)cc3N)nc2cc1F. The topological polar surface area (TPSA) is 91.0 Å². The van der Waals surface area contributed by atoms with Crippen LogP contribution in [0.3, 0.4) is 0 Å². The van der Waals surface area contributed by atoms with Crippen molar-refractivity contribution in [1.29, 1.82) is 0 Å². The van der Waals surface area contributed by atoms with Gasteiger partial charge in [-0.15, -0.1) is 0 Å². The fourth-order valence-corrected chi connectivity index (χ4v) is 3.06. The molecule has 0 spiro atoms. The summed E-state index contributed by atoms with van der Waals surface area (Å²) < 4.78 is 26.8. The second kappa shape index (κ2) is 6.36. The first-order valence-corrected chi connectivity index (χ1v) is 8.44. The van der Waals surface area contributed by atoms with Crippen molar-refractivity contribution in [2.24, 2.45) is 0 Å². The van der Waals surface area contributed by atoms with Gasteiger partial charge >= 0.3 is 0 Å². The standard InChI is InChI=1S/C17H20FN5O2/c1-2-24-14-8-13-12(7-10(14)18)20-17(21-13)16-11(19)9-23(22-16)15-5-3-4-6-25-15/h7-9,15H,2-6,19H2,1H3,(H,20,21). The predicted molar refractivity (Wildman–Crippen MR) is 91.7 cm³/mol. The predicted octanol–water partition coefficient (Wildman–Crippen LogP) is 3.25. The number of aromatic amines is 1. The van der Waals surface area contributed by atoms with Crippen LogP contribution in [-0.4, -0.2) is 33.0 Å². The molecule has 0 saturated carbocycles. The number of hydrogen-bond acceptors (Lipinski definition) is 5. The molecule has 1 fully saturated rings. The number of nitrogens with one attached hydrogen (secondary N) is 1. The summed E-state index contributed by atoms with van der Waals surface area (Å²) in [7, 11) is 0. The molecular weight excluding hydrogens is 325 g/mol. The molecule has 0 radical (unpaired) electrons. The molecule has 132 valence electrons.